The summed E-state index contributed by atoms with van der Waals surface area (Å²) in [7, 11) is 0. The van der Waals surface area contributed by atoms with Crippen LogP contribution in [0.1, 0.15) is 29.5 Å². The maximum Gasteiger partial charge on any atom is 0.303 e. The van der Waals surface area contributed by atoms with E-state index in [4.69, 9.17) is 5.11 Å². The fraction of sp³-hybridized carbons (Fsp3) is 0.310. The predicted molar refractivity (Wildman–Crippen MR) is 137 cm³/mol. The first-order valence-corrected chi connectivity index (χ1v) is 12.2. The van der Waals surface area contributed by atoms with E-state index in [1.54, 1.807) is 4.90 Å². The van der Waals surface area contributed by atoms with Crippen molar-refractivity contribution in [3.8, 4) is 0 Å². The van der Waals surface area contributed by atoms with E-state index < -0.39 is 11.5 Å². The Balaban J connectivity index is 1.48. The predicted octanol–water partition coefficient (Wildman–Crippen LogP) is 3.58. The number of benzene rings is 3. The zero-order valence-corrected chi connectivity index (χ0v) is 20.0. The van der Waals surface area contributed by atoms with Gasteiger partial charge in [0.25, 0.3) is 0 Å². The van der Waals surface area contributed by atoms with Gasteiger partial charge >= 0.3 is 5.97 Å². The van der Waals surface area contributed by atoms with Gasteiger partial charge in [0.15, 0.2) is 0 Å². The van der Waals surface area contributed by atoms with Gasteiger partial charge < -0.3 is 10.0 Å². The van der Waals surface area contributed by atoms with Crippen molar-refractivity contribution in [2.45, 2.75) is 18.4 Å². The number of rotatable bonds is 10. The number of aliphatic carboxylic acids is 1. The Bertz CT molecular complexity index is 985. The Hall–Kier alpha value is -3.48. The Kier molecular flexibility index (Phi) is 8.29. The number of carboxylic acids is 1. The smallest absolute Gasteiger partial charge is 0.303 e. The molecule has 2 N–H and O–H groups in total. The van der Waals surface area contributed by atoms with E-state index in [1.807, 2.05) is 18.2 Å². The highest BCUT2D eigenvalue weighted by Crippen LogP contribution is 2.36. The topological polar surface area (TPSA) is 72.9 Å². The van der Waals surface area contributed by atoms with Crippen molar-refractivity contribution in [3.63, 3.8) is 0 Å². The summed E-state index contributed by atoms with van der Waals surface area (Å²) in [6, 6.07) is 31.7. The second-order valence-corrected chi connectivity index (χ2v) is 8.89. The minimum Gasteiger partial charge on any atom is -0.481 e. The molecule has 6 nitrogen and oxygen atoms in total. The molecule has 0 saturated carbocycles. The number of amides is 1. The highest BCUT2D eigenvalue weighted by atomic mass is 16.4. The average Bonchev–Trinajstić information content (AvgIpc) is 2.92. The van der Waals surface area contributed by atoms with Crippen molar-refractivity contribution in [3.05, 3.63) is 108 Å². The lowest BCUT2D eigenvalue weighted by Crippen LogP contribution is -2.52. The summed E-state index contributed by atoms with van der Waals surface area (Å²) in [5.74, 6) is -0.997. The molecule has 0 bridgehead atoms. The van der Waals surface area contributed by atoms with Gasteiger partial charge in [-0.05, 0) is 16.7 Å². The van der Waals surface area contributed by atoms with Crippen LogP contribution in [0.3, 0.4) is 0 Å². The second-order valence-electron chi connectivity index (χ2n) is 8.89. The van der Waals surface area contributed by atoms with Gasteiger partial charge in [-0.25, -0.2) is 0 Å². The Morgan fingerprint density at radius 1 is 0.714 bits per heavy atom. The zero-order valence-electron chi connectivity index (χ0n) is 20.0. The number of carboxylic acid groups (broad SMARTS) is 1. The maximum absolute atomic E-state index is 12.3. The summed E-state index contributed by atoms with van der Waals surface area (Å²) in [6.45, 7) is 4.47. The van der Waals surface area contributed by atoms with E-state index in [1.165, 1.54) is 16.7 Å². The van der Waals surface area contributed by atoms with Crippen LogP contribution in [0.25, 0.3) is 0 Å². The molecule has 1 fully saturated rings. The first-order valence-electron chi connectivity index (χ1n) is 12.2. The molecular weight excluding hydrogens is 438 g/mol. The molecule has 1 heterocycles. The van der Waals surface area contributed by atoms with Crippen molar-refractivity contribution in [1.82, 2.24) is 15.1 Å². The fourth-order valence-corrected chi connectivity index (χ4v) is 4.87. The fourth-order valence-electron chi connectivity index (χ4n) is 4.87. The van der Waals surface area contributed by atoms with Gasteiger partial charge in [0.2, 0.25) is 5.91 Å². The Morgan fingerprint density at radius 2 is 1.17 bits per heavy atom. The minimum absolute atomic E-state index is 0.0681. The largest absolute Gasteiger partial charge is 0.481 e. The van der Waals surface area contributed by atoms with Gasteiger partial charge in [-0.15, -0.1) is 0 Å². The number of carbonyl (C=O) groups excluding carboxylic acids is 1. The highest BCUT2D eigenvalue weighted by Gasteiger charge is 2.35. The lowest BCUT2D eigenvalue weighted by molar-refractivity contribution is -0.141. The number of hydrogen-bond donors (Lipinski definition) is 2. The van der Waals surface area contributed by atoms with Crippen LogP contribution in [0.2, 0.25) is 0 Å². The van der Waals surface area contributed by atoms with Crippen LogP contribution in [0.15, 0.2) is 91.0 Å². The standard InChI is InChI=1S/C29H33N3O3/c33-27(16-17-28(34)35)32-22-20-31(21-23-32)19-18-30-29(24-10-4-1-5-11-24,25-12-6-2-7-13-25)26-14-8-3-9-15-26/h1-15,30H,16-23H2,(H,34,35). The average molecular weight is 472 g/mol. The lowest BCUT2D eigenvalue weighted by Gasteiger charge is -2.39. The molecule has 0 atom stereocenters. The molecule has 4 rings (SSSR count). The van der Waals surface area contributed by atoms with E-state index >= 15 is 0 Å². The number of carbonyl (C=O) groups is 2. The van der Waals surface area contributed by atoms with E-state index in [0.29, 0.717) is 13.1 Å². The molecule has 3 aromatic rings. The Morgan fingerprint density at radius 3 is 1.60 bits per heavy atom. The third-order valence-corrected chi connectivity index (χ3v) is 6.72. The lowest BCUT2D eigenvalue weighted by atomic mass is 9.77. The third-order valence-electron chi connectivity index (χ3n) is 6.72. The number of nitrogens with zero attached hydrogens (tertiary/aromatic N) is 2. The van der Waals surface area contributed by atoms with Gasteiger partial charge in [0.1, 0.15) is 0 Å². The van der Waals surface area contributed by atoms with E-state index in [-0.39, 0.29) is 18.7 Å². The van der Waals surface area contributed by atoms with Crippen LogP contribution >= 0.6 is 0 Å². The molecule has 3 aromatic carbocycles. The zero-order chi connectivity index (χ0) is 24.5. The molecule has 182 valence electrons. The van der Waals surface area contributed by atoms with Gasteiger partial charge in [0, 0.05) is 45.7 Å². The van der Waals surface area contributed by atoms with Crippen molar-refractivity contribution < 1.29 is 14.7 Å². The molecule has 1 saturated heterocycles. The van der Waals surface area contributed by atoms with Crippen molar-refractivity contribution in [1.29, 1.82) is 0 Å². The molecule has 0 aromatic heterocycles. The molecule has 1 amide bonds. The van der Waals surface area contributed by atoms with Gasteiger partial charge in [0.05, 0.1) is 12.0 Å². The summed E-state index contributed by atoms with van der Waals surface area (Å²) >= 11 is 0. The van der Waals surface area contributed by atoms with E-state index in [9.17, 15) is 9.59 Å². The number of hydrogen-bond acceptors (Lipinski definition) is 4. The Labute approximate surface area is 207 Å². The molecule has 0 radical (unpaired) electrons. The van der Waals surface area contributed by atoms with Crippen molar-refractivity contribution in [2.75, 3.05) is 39.3 Å². The number of piperazine rings is 1. The van der Waals surface area contributed by atoms with E-state index in [2.05, 4.69) is 83.0 Å². The van der Waals surface area contributed by atoms with Crippen LogP contribution in [-0.2, 0) is 15.1 Å². The monoisotopic (exact) mass is 471 g/mol. The molecule has 35 heavy (non-hydrogen) atoms. The molecular formula is C29H33N3O3. The molecule has 1 aliphatic heterocycles. The minimum atomic E-state index is -0.929. The van der Waals surface area contributed by atoms with E-state index in [0.717, 1.165) is 26.2 Å². The van der Waals surface area contributed by atoms with Crippen LogP contribution in [-0.4, -0.2) is 66.1 Å². The third kappa shape index (κ3) is 5.96. The molecule has 6 heteroatoms. The second kappa shape index (κ2) is 11.8. The van der Waals surface area contributed by atoms with Gasteiger partial charge in [-0.2, -0.15) is 0 Å². The summed E-state index contributed by atoms with van der Waals surface area (Å²) in [4.78, 5) is 27.2. The van der Waals surface area contributed by atoms with Crippen LogP contribution in [0.5, 0.6) is 0 Å². The SMILES string of the molecule is O=C(O)CCC(=O)N1CCN(CCNC(c2ccccc2)(c2ccccc2)c2ccccc2)CC1. The summed E-state index contributed by atoms with van der Waals surface area (Å²) in [5.41, 5.74) is 3.07. The normalized spacial score (nSPS) is 14.6. The molecule has 0 unspecified atom stereocenters. The summed E-state index contributed by atoms with van der Waals surface area (Å²) in [6.07, 6.45) is -0.0336. The number of nitrogens with one attached hydrogen (secondary N) is 1. The first kappa shape index (κ1) is 24.6. The quantitative estimate of drug-likeness (QED) is 0.442. The van der Waals surface area contributed by atoms with Gasteiger partial charge in [-0.3, -0.25) is 19.8 Å². The maximum atomic E-state index is 12.3. The first-order chi connectivity index (χ1) is 17.1. The van der Waals surface area contributed by atoms with Crippen LogP contribution in [0, 0.1) is 0 Å². The molecule has 0 aliphatic carbocycles. The van der Waals surface area contributed by atoms with Crippen LogP contribution in [0.4, 0.5) is 0 Å². The highest BCUT2D eigenvalue weighted by molar-refractivity contribution is 5.80. The summed E-state index contributed by atoms with van der Waals surface area (Å²) < 4.78 is 0. The summed E-state index contributed by atoms with van der Waals surface area (Å²) in [5, 5.41) is 12.7. The molecule has 0 spiro atoms. The molecule has 1 aliphatic rings. The van der Waals surface area contributed by atoms with Gasteiger partial charge in [-0.1, -0.05) is 91.0 Å². The van der Waals surface area contributed by atoms with Crippen molar-refractivity contribution in [2.24, 2.45) is 0 Å². The van der Waals surface area contributed by atoms with Crippen molar-refractivity contribution >= 4 is 11.9 Å². The van der Waals surface area contributed by atoms with Crippen LogP contribution < -0.4 is 5.32 Å².